The Morgan fingerprint density at radius 3 is 2.92 bits per heavy atom. The van der Waals surface area contributed by atoms with Crippen LogP contribution in [0.5, 0.6) is 11.5 Å². The van der Waals surface area contributed by atoms with Crippen LogP contribution in [0.3, 0.4) is 0 Å². The van der Waals surface area contributed by atoms with Gasteiger partial charge in [0.05, 0.1) is 10.4 Å². The lowest BCUT2D eigenvalue weighted by molar-refractivity contribution is 0.0735. The van der Waals surface area contributed by atoms with Gasteiger partial charge in [0.25, 0.3) is 6.29 Å². The van der Waals surface area contributed by atoms with E-state index in [0.717, 1.165) is 0 Å². The average Bonchev–Trinajstić information content (AvgIpc) is 2.49. The van der Waals surface area contributed by atoms with Crippen molar-refractivity contribution in [2.24, 2.45) is 0 Å². The van der Waals surface area contributed by atoms with E-state index >= 15 is 0 Å². The van der Waals surface area contributed by atoms with Crippen molar-refractivity contribution >= 4 is 27.5 Å². The van der Waals surface area contributed by atoms with Gasteiger partial charge in [0.2, 0.25) is 0 Å². The number of hydrogen-bond acceptors (Lipinski definition) is 2. The molecule has 0 saturated heterocycles. The molecule has 1 aliphatic rings. The van der Waals surface area contributed by atoms with E-state index in [0.29, 0.717) is 21.9 Å². The molecule has 4 heteroatoms. The standard InChI is InChI=1S/C8H6BrClO2/c9-4-7-11-6-3-1-2-5(10)8(6)12-7/h1-3,7H,4H2. The lowest BCUT2D eigenvalue weighted by atomic mass is 10.3. The van der Waals surface area contributed by atoms with Gasteiger partial charge in [-0.2, -0.15) is 0 Å². The second kappa shape index (κ2) is 3.15. The summed E-state index contributed by atoms with van der Waals surface area (Å²) in [6, 6.07) is 5.45. The van der Waals surface area contributed by atoms with E-state index in [1.807, 2.05) is 12.1 Å². The molecule has 0 fully saturated rings. The van der Waals surface area contributed by atoms with Crippen molar-refractivity contribution in [1.82, 2.24) is 0 Å². The van der Waals surface area contributed by atoms with Crippen LogP contribution in [0.4, 0.5) is 0 Å². The summed E-state index contributed by atoms with van der Waals surface area (Å²) in [5, 5.41) is 1.23. The molecule has 2 rings (SSSR count). The van der Waals surface area contributed by atoms with Gasteiger partial charge in [-0.05, 0) is 12.1 Å². The van der Waals surface area contributed by atoms with Crippen LogP contribution in [0.1, 0.15) is 0 Å². The number of halogens is 2. The zero-order valence-corrected chi connectivity index (χ0v) is 8.43. The molecule has 1 aromatic carbocycles. The predicted molar refractivity (Wildman–Crippen MR) is 50.3 cm³/mol. The smallest absolute Gasteiger partial charge is 0.251 e. The summed E-state index contributed by atoms with van der Waals surface area (Å²) in [7, 11) is 0. The zero-order chi connectivity index (χ0) is 8.55. The zero-order valence-electron chi connectivity index (χ0n) is 6.09. The van der Waals surface area contributed by atoms with Crippen molar-refractivity contribution in [2.75, 3.05) is 5.33 Å². The fraction of sp³-hybridized carbons (Fsp3) is 0.250. The summed E-state index contributed by atoms with van der Waals surface area (Å²) in [4.78, 5) is 0. The van der Waals surface area contributed by atoms with Crippen LogP contribution in [0.2, 0.25) is 5.02 Å². The Kier molecular flexibility index (Phi) is 2.15. The Balaban J connectivity index is 2.35. The van der Waals surface area contributed by atoms with Gasteiger partial charge < -0.3 is 9.47 Å². The minimum atomic E-state index is -0.250. The number of rotatable bonds is 1. The third-order valence-electron chi connectivity index (χ3n) is 1.56. The van der Waals surface area contributed by atoms with Crippen molar-refractivity contribution in [1.29, 1.82) is 0 Å². The highest BCUT2D eigenvalue weighted by Crippen LogP contribution is 2.40. The predicted octanol–water partition coefficient (Wildman–Crippen LogP) is 2.83. The highest BCUT2D eigenvalue weighted by molar-refractivity contribution is 9.09. The molecule has 0 spiro atoms. The first kappa shape index (κ1) is 8.20. The van der Waals surface area contributed by atoms with Gasteiger partial charge in [0.1, 0.15) is 0 Å². The van der Waals surface area contributed by atoms with E-state index in [1.165, 1.54) is 0 Å². The second-order valence-electron chi connectivity index (χ2n) is 2.39. The topological polar surface area (TPSA) is 18.5 Å². The Bertz CT molecular complexity index is 303. The van der Waals surface area contributed by atoms with E-state index < -0.39 is 0 Å². The summed E-state index contributed by atoms with van der Waals surface area (Å²) >= 11 is 9.14. The molecular formula is C8H6BrClO2. The Morgan fingerprint density at radius 1 is 1.42 bits per heavy atom. The number of alkyl halides is 1. The summed E-state index contributed by atoms with van der Waals surface area (Å²) in [6.07, 6.45) is -0.250. The first-order valence-corrected chi connectivity index (χ1v) is 4.99. The van der Waals surface area contributed by atoms with E-state index in [2.05, 4.69) is 15.9 Å². The molecule has 0 saturated carbocycles. The van der Waals surface area contributed by atoms with E-state index in [4.69, 9.17) is 21.1 Å². The van der Waals surface area contributed by atoms with Crippen molar-refractivity contribution < 1.29 is 9.47 Å². The van der Waals surface area contributed by atoms with Gasteiger partial charge in [0.15, 0.2) is 11.5 Å². The lowest BCUT2D eigenvalue weighted by Crippen LogP contribution is -2.18. The van der Waals surface area contributed by atoms with Gasteiger partial charge in [-0.3, -0.25) is 0 Å². The molecule has 1 unspecified atom stereocenters. The number of benzene rings is 1. The van der Waals surface area contributed by atoms with Gasteiger partial charge in [-0.25, -0.2) is 0 Å². The minimum Gasteiger partial charge on any atom is -0.450 e. The number of ether oxygens (including phenoxy) is 2. The molecule has 1 heterocycles. The monoisotopic (exact) mass is 248 g/mol. The molecule has 0 N–H and O–H groups in total. The van der Waals surface area contributed by atoms with E-state index in [1.54, 1.807) is 6.07 Å². The number of hydrogen-bond donors (Lipinski definition) is 0. The first-order chi connectivity index (χ1) is 5.81. The summed E-state index contributed by atoms with van der Waals surface area (Å²) < 4.78 is 10.8. The SMILES string of the molecule is Clc1cccc2c1OC(CBr)O2. The van der Waals surface area contributed by atoms with Crippen molar-refractivity contribution in [3.05, 3.63) is 23.2 Å². The molecular weight excluding hydrogens is 243 g/mol. The van der Waals surface area contributed by atoms with Gasteiger partial charge in [-0.15, -0.1) is 0 Å². The molecule has 12 heavy (non-hydrogen) atoms. The number of para-hydroxylation sites is 1. The highest BCUT2D eigenvalue weighted by Gasteiger charge is 2.24. The van der Waals surface area contributed by atoms with Crippen molar-refractivity contribution in [2.45, 2.75) is 6.29 Å². The van der Waals surface area contributed by atoms with Crippen LogP contribution in [0.15, 0.2) is 18.2 Å². The quantitative estimate of drug-likeness (QED) is 0.713. The normalized spacial score (nSPS) is 19.7. The molecule has 0 aliphatic carbocycles. The van der Waals surface area contributed by atoms with Gasteiger partial charge in [-0.1, -0.05) is 33.6 Å². The van der Waals surface area contributed by atoms with Crippen LogP contribution in [0, 0.1) is 0 Å². The molecule has 0 radical (unpaired) electrons. The molecule has 0 amide bonds. The van der Waals surface area contributed by atoms with Crippen molar-refractivity contribution in [3.8, 4) is 11.5 Å². The van der Waals surface area contributed by atoms with Crippen LogP contribution >= 0.6 is 27.5 Å². The van der Waals surface area contributed by atoms with Crippen LogP contribution < -0.4 is 9.47 Å². The molecule has 2 nitrogen and oxygen atoms in total. The molecule has 1 aromatic rings. The Labute approximate surface area is 83.6 Å². The molecule has 64 valence electrons. The maximum absolute atomic E-state index is 5.87. The largest absolute Gasteiger partial charge is 0.450 e. The summed E-state index contributed by atoms with van der Waals surface area (Å²) in [5.41, 5.74) is 0. The number of fused-ring (bicyclic) bond motifs is 1. The fourth-order valence-corrected chi connectivity index (χ4v) is 1.53. The van der Waals surface area contributed by atoms with Gasteiger partial charge >= 0.3 is 0 Å². The summed E-state index contributed by atoms with van der Waals surface area (Å²) in [5.74, 6) is 1.36. The molecule has 1 atom stereocenters. The fourth-order valence-electron chi connectivity index (χ4n) is 1.06. The maximum atomic E-state index is 5.87. The molecule has 1 aliphatic heterocycles. The van der Waals surface area contributed by atoms with E-state index in [-0.39, 0.29) is 6.29 Å². The van der Waals surface area contributed by atoms with E-state index in [9.17, 15) is 0 Å². The van der Waals surface area contributed by atoms with Crippen LogP contribution in [-0.2, 0) is 0 Å². The molecule has 0 aromatic heterocycles. The van der Waals surface area contributed by atoms with Crippen molar-refractivity contribution in [3.63, 3.8) is 0 Å². The second-order valence-corrected chi connectivity index (χ2v) is 3.44. The summed E-state index contributed by atoms with van der Waals surface area (Å²) in [6.45, 7) is 0. The highest BCUT2D eigenvalue weighted by atomic mass is 79.9. The van der Waals surface area contributed by atoms with Crippen LogP contribution in [-0.4, -0.2) is 11.6 Å². The molecule has 0 bridgehead atoms. The Hall–Kier alpha value is -0.410. The first-order valence-electron chi connectivity index (χ1n) is 3.49. The maximum Gasteiger partial charge on any atom is 0.251 e. The third-order valence-corrected chi connectivity index (χ3v) is 2.39. The average molecular weight is 249 g/mol. The Morgan fingerprint density at radius 2 is 2.25 bits per heavy atom. The lowest BCUT2D eigenvalue weighted by Gasteiger charge is -2.04. The van der Waals surface area contributed by atoms with Gasteiger partial charge in [0, 0.05) is 0 Å². The van der Waals surface area contributed by atoms with Crippen LogP contribution in [0.25, 0.3) is 0 Å². The minimum absolute atomic E-state index is 0.250. The third kappa shape index (κ3) is 1.27.